The fourth-order valence-corrected chi connectivity index (χ4v) is 2.53. The second kappa shape index (κ2) is 8.35. The lowest BCUT2D eigenvalue weighted by molar-refractivity contribution is 0.355. The molecular formula is C18H18ClN5O2. The molecule has 0 fully saturated rings. The normalized spacial score (nSPS) is 10.3. The first kappa shape index (κ1) is 17.8. The molecule has 134 valence electrons. The molecule has 0 aliphatic heterocycles. The van der Waals surface area contributed by atoms with Gasteiger partial charge in [0.2, 0.25) is 11.9 Å². The van der Waals surface area contributed by atoms with Crippen molar-refractivity contribution in [3.63, 3.8) is 0 Å². The summed E-state index contributed by atoms with van der Waals surface area (Å²) in [4.78, 5) is 12.6. The van der Waals surface area contributed by atoms with E-state index >= 15 is 0 Å². The van der Waals surface area contributed by atoms with Crippen molar-refractivity contribution in [2.45, 2.75) is 6.54 Å². The fourth-order valence-electron chi connectivity index (χ4n) is 2.31. The highest BCUT2D eigenvalue weighted by molar-refractivity contribution is 6.30. The molecule has 2 aromatic carbocycles. The van der Waals surface area contributed by atoms with Gasteiger partial charge >= 0.3 is 0 Å². The number of rotatable bonds is 7. The zero-order valence-corrected chi connectivity index (χ0v) is 15.1. The highest BCUT2D eigenvalue weighted by Crippen LogP contribution is 2.30. The third-order valence-electron chi connectivity index (χ3n) is 3.55. The summed E-state index contributed by atoms with van der Waals surface area (Å²) >= 11 is 5.99. The Morgan fingerprint density at radius 2 is 1.77 bits per heavy atom. The van der Waals surface area contributed by atoms with Gasteiger partial charge in [0.15, 0.2) is 11.5 Å². The van der Waals surface area contributed by atoms with Gasteiger partial charge in [-0.2, -0.15) is 4.98 Å². The summed E-state index contributed by atoms with van der Waals surface area (Å²) in [7, 11) is 3.18. The van der Waals surface area contributed by atoms with Gasteiger partial charge in [0.1, 0.15) is 6.33 Å². The minimum Gasteiger partial charge on any atom is -0.493 e. The van der Waals surface area contributed by atoms with Crippen LogP contribution < -0.4 is 20.1 Å². The Morgan fingerprint density at radius 3 is 2.54 bits per heavy atom. The average molecular weight is 372 g/mol. The van der Waals surface area contributed by atoms with Crippen molar-refractivity contribution in [3.8, 4) is 11.5 Å². The molecule has 1 heterocycles. The molecule has 0 saturated carbocycles. The third-order valence-corrected chi connectivity index (χ3v) is 3.79. The van der Waals surface area contributed by atoms with Gasteiger partial charge in [-0.05, 0) is 29.8 Å². The summed E-state index contributed by atoms with van der Waals surface area (Å²) < 4.78 is 10.5. The lowest BCUT2D eigenvalue weighted by Crippen LogP contribution is -2.06. The Bertz CT molecular complexity index is 891. The molecule has 1 aromatic heterocycles. The van der Waals surface area contributed by atoms with Gasteiger partial charge in [-0.15, -0.1) is 0 Å². The van der Waals surface area contributed by atoms with E-state index in [1.807, 2.05) is 36.4 Å². The van der Waals surface area contributed by atoms with Gasteiger partial charge in [0.05, 0.1) is 14.2 Å². The summed E-state index contributed by atoms with van der Waals surface area (Å²) in [6, 6.07) is 13.1. The number of ether oxygens (including phenoxy) is 2. The lowest BCUT2D eigenvalue weighted by atomic mass is 10.2. The molecule has 2 N–H and O–H groups in total. The monoisotopic (exact) mass is 371 g/mol. The van der Waals surface area contributed by atoms with E-state index < -0.39 is 0 Å². The summed E-state index contributed by atoms with van der Waals surface area (Å²) in [5.41, 5.74) is 1.81. The number of nitrogens with one attached hydrogen (secondary N) is 2. The molecule has 3 aromatic rings. The molecule has 3 rings (SSSR count). The second-order valence-electron chi connectivity index (χ2n) is 5.31. The Balaban J connectivity index is 1.69. The van der Waals surface area contributed by atoms with Gasteiger partial charge in [-0.3, -0.25) is 0 Å². The Kier molecular flexibility index (Phi) is 5.70. The summed E-state index contributed by atoms with van der Waals surface area (Å²) in [6.07, 6.45) is 1.44. The van der Waals surface area contributed by atoms with Crippen molar-refractivity contribution in [1.29, 1.82) is 0 Å². The van der Waals surface area contributed by atoms with Gasteiger partial charge < -0.3 is 20.1 Å². The van der Waals surface area contributed by atoms with E-state index in [4.69, 9.17) is 21.1 Å². The third kappa shape index (κ3) is 4.52. The lowest BCUT2D eigenvalue weighted by Gasteiger charge is -2.11. The predicted octanol–water partition coefficient (Wildman–Crippen LogP) is 3.90. The smallest absolute Gasteiger partial charge is 0.231 e. The van der Waals surface area contributed by atoms with Crippen LogP contribution in [0, 0.1) is 0 Å². The SMILES string of the molecule is COc1ccc(Nc2ncnc(NCc3cccc(Cl)c3)n2)cc1OC. The summed E-state index contributed by atoms with van der Waals surface area (Å²) in [5.74, 6) is 2.15. The quantitative estimate of drug-likeness (QED) is 0.651. The zero-order valence-electron chi connectivity index (χ0n) is 14.4. The first-order chi connectivity index (χ1) is 12.7. The van der Waals surface area contributed by atoms with Crippen LogP contribution in [0.2, 0.25) is 5.02 Å². The summed E-state index contributed by atoms with van der Waals surface area (Å²) in [5, 5.41) is 6.96. The first-order valence-electron chi connectivity index (χ1n) is 7.84. The Labute approximate surface area is 156 Å². The molecule has 0 radical (unpaired) electrons. The van der Waals surface area contributed by atoms with Crippen LogP contribution >= 0.6 is 11.6 Å². The Hall–Kier alpha value is -3.06. The van der Waals surface area contributed by atoms with Crippen LogP contribution in [0.3, 0.4) is 0 Å². The number of halogens is 1. The van der Waals surface area contributed by atoms with E-state index in [9.17, 15) is 0 Å². The minimum absolute atomic E-state index is 0.417. The van der Waals surface area contributed by atoms with Crippen LogP contribution in [0.25, 0.3) is 0 Å². The molecule has 7 nitrogen and oxygen atoms in total. The molecule has 26 heavy (non-hydrogen) atoms. The summed E-state index contributed by atoms with van der Waals surface area (Å²) in [6.45, 7) is 0.556. The average Bonchev–Trinajstić information content (AvgIpc) is 2.66. The standard InChI is InChI=1S/C18H18ClN5O2/c1-25-15-7-6-14(9-16(15)26-2)23-18-22-11-21-17(24-18)20-10-12-4-3-5-13(19)8-12/h3-9,11H,10H2,1-2H3,(H2,20,21,22,23,24). The number of benzene rings is 2. The van der Waals surface area contributed by atoms with Crippen molar-refractivity contribution in [1.82, 2.24) is 15.0 Å². The maximum Gasteiger partial charge on any atom is 0.231 e. The number of aromatic nitrogens is 3. The van der Waals surface area contributed by atoms with E-state index in [-0.39, 0.29) is 0 Å². The number of anilines is 3. The highest BCUT2D eigenvalue weighted by Gasteiger charge is 2.07. The maximum absolute atomic E-state index is 5.99. The van der Waals surface area contributed by atoms with E-state index in [2.05, 4.69) is 25.6 Å². The molecule has 0 atom stereocenters. The van der Waals surface area contributed by atoms with Gasteiger partial charge in [0.25, 0.3) is 0 Å². The van der Waals surface area contributed by atoms with Crippen LogP contribution in [-0.2, 0) is 6.54 Å². The number of hydrogen-bond acceptors (Lipinski definition) is 7. The topological polar surface area (TPSA) is 81.2 Å². The molecule has 0 aliphatic carbocycles. The van der Waals surface area contributed by atoms with Crippen LogP contribution in [0.15, 0.2) is 48.8 Å². The van der Waals surface area contributed by atoms with Crippen molar-refractivity contribution >= 4 is 29.2 Å². The van der Waals surface area contributed by atoms with Gasteiger partial charge in [-0.1, -0.05) is 23.7 Å². The second-order valence-corrected chi connectivity index (χ2v) is 5.75. The predicted molar refractivity (Wildman–Crippen MR) is 101 cm³/mol. The maximum atomic E-state index is 5.99. The van der Waals surface area contributed by atoms with Crippen molar-refractivity contribution in [2.75, 3.05) is 24.9 Å². The molecule has 0 aliphatic rings. The van der Waals surface area contributed by atoms with Gasteiger partial charge in [0, 0.05) is 23.3 Å². The fraction of sp³-hybridized carbons (Fsp3) is 0.167. The molecular weight excluding hydrogens is 354 g/mol. The molecule has 0 unspecified atom stereocenters. The van der Waals surface area contributed by atoms with Crippen molar-refractivity contribution in [2.24, 2.45) is 0 Å². The van der Waals surface area contributed by atoms with E-state index in [0.717, 1.165) is 11.3 Å². The number of methoxy groups -OCH3 is 2. The van der Waals surface area contributed by atoms with Crippen molar-refractivity contribution < 1.29 is 9.47 Å². The van der Waals surface area contributed by atoms with E-state index in [0.29, 0.717) is 35.0 Å². The number of nitrogens with zero attached hydrogens (tertiary/aromatic N) is 3. The van der Waals surface area contributed by atoms with E-state index in [1.165, 1.54) is 6.33 Å². The molecule has 0 amide bonds. The largest absolute Gasteiger partial charge is 0.493 e. The molecule has 0 saturated heterocycles. The van der Waals surface area contributed by atoms with Crippen LogP contribution in [0.1, 0.15) is 5.56 Å². The highest BCUT2D eigenvalue weighted by atomic mass is 35.5. The van der Waals surface area contributed by atoms with Gasteiger partial charge in [-0.25, -0.2) is 9.97 Å². The molecule has 0 bridgehead atoms. The molecule has 0 spiro atoms. The van der Waals surface area contributed by atoms with E-state index in [1.54, 1.807) is 20.3 Å². The van der Waals surface area contributed by atoms with Crippen LogP contribution in [-0.4, -0.2) is 29.2 Å². The van der Waals surface area contributed by atoms with Crippen molar-refractivity contribution in [3.05, 3.63) is 59.4 Å². The number of hydrogen-bond donors (Lipinski definition) is 2. The van der Waals surface area contributed by atoms with Crippen LogP contribution in [0.4, 0.5) is 17.6 Å². The molecule has 8 heteroatoms. The zero-order chi connectivity index (χ0) is 18.4. The Morgan fingerprint density at radius 1 is 0.962 bits per heavy atom. The van der Waals surface area contributed by atoms with Crippen LogP contribution in [0.5, 0.6) is 11.5 Å². The first-order valence-corrected chi connectivity index (χ1v) is 8.22. The minimum atomic E-state index is 0.417.